The largest absolute Gasteiger partial charge is 0.310 e. The molecular formula is C136H96N4S2. The lowest BCUT2D eigenvalue weighted by Crippen LogP contribution is -2.38. The Hall–Kier alpha value is -17.0. The van der Waals surface area contributed by atoms with Gasteiger partial charge >= 0.3 is 0 Å². The van der Waals surface area contributed by atoms with Gasteiger partial charge in [-0.3, -0.25) is 0 Å². The fourth-order valence-electron chi connectivity index (χ4n) is 24.9. The van der Waals surface area contributed by atoms with Crippen LogP contribution in [0, 0.1) is 27.7 Å². The Bertz CT molecular complexity index is 8830. The number of nitrogens with zero attached hydrogens (tertiary/aromatic N) is 4. The second-order valence-corrected chi connectivity index (χ2v) is 40.8. The van der Waals surface area contributed by atoms with E-state index in [1.807, 2.05) is 22.7 Å². The van der Waals surface area contributed by atoms with E-state index in [4.69, 9.17) is 0 Å². The summed E-state index contributed by atoms with van der Waals surface area (Å²) in [6, 6.07) is 192. The number of rotatable bonds is 12. The molecule has 24 aromatic rings. The lowest BCUT2D eigenvalue weighted by molar-refractivity contribution is 0.730. The Balaban J connectivity index is 0.000000142. The third-order valence-corrected chi connectivity index (χ3v) is 33.3. The first-order valence-corrected chi connectivity index (χ1v) is 51.0. The number of para-hydroxylation sites is 6. The number of hydrogen-bond donors (Lipinski definition) is 0. The van der Waals surface area contributed by atoms with Crippen LogP contribution in [0.1, 0.15) is 111 Å². The zero-order valence-electron chi connectivity index (χ0n) is 79.1. The summed E-state index contributed by atoms with van der Waals surface area (Å²) < 4.78 is 5.16. The normalized spacial score (nSPS) is 14.2. The fraction of sp³-hybridized carbons (Fsp3) is 0.0588. The summed E-state index contributed by atoms with van der Waals surface area (Å²) >= 11 is 3.76. The van der Waals surface area contributed by atoms with Crippen molar-refractivity contribution in [2.24, 2.45) is 0 Å². The van der Waals surface area contributed by atoms with Gasteiger partial charge in [-0.05, 0) is 237 Å². The molecular weight excluding hydrogens is 1750 g/mol. The zero-order chi connectivity index (χ0) is 94.5. The number of fused-ring (bicyclic) bond motifs is 16. The first-order chi connectivity index (χ1) is 70.1. The van der Waals surface area contributed by atoms with Gasteiger partial charge in [0.15, 0.2) is 0 Å². The molecule has 22 aromatic carbocycles. The predicted octanol–water partition coefficient (Wildman–Crippen LogP) is 36.3. The van der Waals surface area contributed by atoms with Crippen molar-refractivity contribution in [2.45, 2.75) is 49.4 Å². The van der Waals surface area contributed by atoms with Crippen LogP contribution in [0.4, 0.5) is 68.2 Å². The van der Waals surface area contributed by atoms with Gasteiger partial charge in [0, 0.05) is 62.5 Å². The van der Waals surface area contributed by atoms with Crippen molar-refractivity contribution in [2.75, 3.05) is 19.6 Å². The highest BCUT2D eigenvalue weighted by Crippen LogP contribution is 2.66. The van der Waals surface area contributed by atoms with Crippen LogP contribution in [0.25, 0.3) is 61.9 Å². The molecule has 6 heterocycles. The van der Waals surface area contributed by atoms with Gasteiger partial charge in [-0.15, -0.1) is 22.7 Å². The quantitative estimate of drug-likeness (QED) is 0.121. The summed E-state index contributed by atoms with van der Waals surface area (Å²) in [5, 5.41) is 9.90. The molecule has 0 amide bonds. The Kier molecular flexibility index (Phi) is 19.8. The summed E-state index contributed by atoms with van der Waals surface area (Å²) in [7, 11) is 0. The average Bonchev–Trinajstić information content (AvgIpc) is 0.963. The Morgan fingerprint density at radius 2 is 0.380 bits per heavy atom. The van der Waals surface area contributed by atoms with Gasteiger partial charge in [0.2, 0.25) is 0 Å². The maximum atomic E-state index is 2.57. The zero-order valence-corrected chi connectivity index (χ0v) is 80.7. The molecule has 672 valence electrons. The molecule has 0 bridgehead atoms. The maximum Gasteiger partial charge on any atom is 0.0742 e. The smallest absolute Gasteiger partial charge is 0.0742 e. The molecule has 0 saturated heterocycles. The SMILES string of the molecule is Cc1ccc(C2(c3ccc(C)cc3)c3ccccc3N(c3ccc4cc(N5c6ccccc6C(c6ccc(C)cc6)(c6ccc(C)cc6)c6cc7c(cc65)sc5ccccc57)ccc4c3)c3ccccc32)cc1.c1ccc(C2(c3ccccc3)c3ccccc3N(c3cccc4c(N5c6ccccc6C(c6ccccc6)(c6ccccc6)c6cc7c(cc65)sc5ccccc57)cccc34)c3ccccc32)cc1. The van der Waals surface area contributed by atoms with Gasteiger partial charge < -0.3 is 19.6 Å². The summed E-state index contributed by atoms with van der Waals surface area (Å²) in [6.07, 6.45) is 0. The minimum absolute atomic E-state index is 0.532. The molecule has 0 fully saturated rings. The van der Waals surface area contributed by atoms with Crippen LogP contribution in [0.2, 0.25) is 0 Å². The van der Waals surface area contributed by atoms with Crippen LogP contribution in [-0.2, 0) is 21.7 Å². The van der Waals surface area contributed by atoms with E-state index in [0.29, 0.717) is 0 Å². The first kappa shape index (κ1) is 84.3. The summed E-state index contributed by atoms with van der Waals surface area (Å²) in [5.41, 5.74) is 36.8. The summed E-state index contributed by atoms with van der Waals surface area (Å²) in [5.74, 6) is 0. The van der Waals surface area contributed by atoms with E-state index in [0.717, 1.165) is 34.1 Å². The van der Waals surface area contributed by atoms with Crippen LogP contribution in [0.15, 0.2) is 510 Å². The maximum absolute atomic E-state index is 2.57. The van der Waals surface area contributed by atoms with Crippen molar-refractivity contribution in [3.05, 3.63) is 621 Å². The molecule has 0 N–H and O–H groups in total. The van der Waals surface area contributed by atoms with Gasteiger partial charge in [0.05, 0.1) is 78.5 Å². The molecule has 4 aliphatic rings. The molecule has 0 saturated carbocycles. The minimum atomic E-state index is -0.608. The standard InChI is InChI=1S/C70H52N2S.C66H44N2S/c1-45-21-31-51(32-22-45)69(52-33-23-46(2)24-34-52)59-14-6-9-17-63(59)71(64-18-10-7-15-60(64)69)55-39-29-50-42-56(40-30-49(50)41-55)72-65-19-11-8-16-61(65)70(53-35-25-47(3)26-36-53,54-37-27-48(4)28-38-54)62-43-58-57-13-5-12-20-67(57)73-68(58)44-66(62)72;1-5-23-45(24-6-1)65(46-25-7-2-8-26-46)53-34-14-17-37-59(53)67(60-38-18-15-35-54(60)65)57-40-21-33-50-49(57)32-22-41-58(50)68-61-39-19-16-36-55(61)66(47-27-9-3-10-28-47,48-29-11-4-12-30-48)56-43-52-51-31-13-20-42-63(51)69-64(52)44-62(56)68/h5-44H,1-4H3;1-44H. The third-order valence-electron chi connectivity index (χ3n) is 31.0. The van der Waals surface area contributed by atoms with Crippen molar-refractivity contribution in [3.8, 4) is 0 Å². The number of anilines is 12. The highest BCUT2D eigenvalue weighted by atomic mass is 32.1. The highest BCUT2D eigenvalue weighted by molar-refractivity contribution is 7.26. The molecule has 0 atom stereocenters. The Morgan fingerprint density at radius 3 is 0.697 bits per heavy atom. The molecule has 6 heteroatoms. The van der Waals surface area contributed by atoms with Crippen LogP contribution in [0.5, 0.6) is 0 Å². The van der Waals surface area contributed by atoms with E-state index in [9.17, 15) is 0 Å². The third kappa shape index (κ3) is 12.6. The first-order valence-electron chi connectivity index (χ1n) is 49.3. The number of thiophene rings is 2. The number of benzene rings is 22. The molecule has 142 heavy (non-hydrogen) atoms. The van der Waals surface area contributed by atoms with Crippen LogP contribution < -0.4 is 19.6 Å². The van der Waals surface area contributed by atoms with Crippen molar-refractivity contribution < 1.29 is 0 Å². The molecule has 0 aliphatic carbocycles. The lowest BCUT2D eigenvalue weighted by Gasteiger charge is -2.47. The molecule has 2 aromatic heterocycles. The van der Waals surface area contributed by atoms with Crippen molar-refractivity contribution in [3.63, 3.8) is 0 Å². The Labute approximate surface area is 836 Å². The monoisotopic (exact) mass is 1850 g/mol. The predicted molar refractivity (Wildman–Crippen MR) is 599 cm³/mol. The van der Waals surface area contributed by atoms with E-state index in [-0.39, 0.29) is 0 Å². The molecule has 0 radical (unpaired) electrons. The van der Waals surface area contributed by atoms with Crippen LogP contribution >= 0.6 is 22.7 Å². The van der Waals surface area contributed by atoms with Gasteiger partial charge in [0.1, 0.15) is 0 Å². The molecule has 28 rings (SSSR count). The van der Waals surface area contributed by atoms with Crippen LogP contribution in [-0.4, -0.2) is 0 Å². The second-order valence-electron chi connectivity index (χ2n) is 38.7. The lowest BCUT2D eigenvalue weighted by atomic mass is 9.62. The van der Waals surface area contributed by atoms with Crippen LogP contribution in [0.3, 0.4) is 0 Å². The molecule has 0 unspecified atom stereocenters. The molecule has 4 aliphatic heterocycles. The minimum Gasteiger partial charge on any atom is -0.310 e. The summed E-state index contributed by atoms with van der Waals surface area (Å²) in [6.45, 7) is 8.72. The van der Waals surface area contributed by atoms with Gasteiger partial charge in [-0.1, -0.05) is 423 Å². The van der Waals surface area contributed by atoms with E-state index in [2.05, 4.69) is 557 Å². The average molecular weight is 1850 g/mol. The van der Waals surface area contributed by atoms with E-state index in [1.165, 1.54) is 207 Å². The summed E-state index contributed by atoms with van der Waals surface area (Å²) in [4.78, 5) is 10.1. The number of aryl methyl sites for hydroxylation is 4. The molecule has 4 nitrogen and oxygen atoms in total. The van der Waals surface area contributed by atoms with Gasteiger partial charge in [0.25, 0.3) is 0 Å². The van der Waals surface area contributed by atoms with Gasteiger partial charge in [-0.2, -0.15) is 0 Å². The van der Waals surface area contributed by atoms with Gasteiger partial charge in [-0.25, -0.2) is 0 Å². The topological polar surface area (TPSA) is 13.0 Å². The van der Waals surface area contributed by atoms with E-state index >= 15 is 0 Å². The molecule has 0 spiro atoms. The Morgan fingerprint density at radius 1 is 0.148 bits per heavy atom. The second kappa shape index (κ2) is 33.4. The van der Waals surface area contributed by atoms with Crippen molar-refractivity contribution >= 4 is 153 Å². The van der Waals surface area contributed by atoms with Crippen molar-refractivity contribution in [1.82, 2.24) is 0 Å². The van der Waals surface area contributed by atoms with E-state index in [1.54, 1.807) is 0 Å². The van der Waals surface area contributed by atoms with E-state index < -0.39 is 21.7 Å². The van der Waals surface area contributed by atoms with Crippen molar-refractivity contribution in [1.29, 1.82) is 0 Å². The number of hydrogen-bond acceptors (Lipinski definition) is 6. The fourth-order valence-corrected chi connectivity index (χ4v) is 27.1. The highest BCUT2D eigenvalue weighted by Gasteiger charge is 2.52.